The number of ether oxygens (including phenoxy) is 1. The Hall–Kier alpha value is -2.26. The van der Waals surface area contributed by atoms with Gasteiger partial charge in [0.25, 0.3) is 0 Å². The van der Waals surface area contributed by atoms with E-state index < -0.39 is 12.0 Å². The van der Waals surface area contributed by atoms with Crippen molar-refractivity contribution < 1.29 is 14.3 Å². The zero-order chi connectivity index (χ0) is 14.3. The van der Waals surface area contributed by atoms with Crippen LogP contribution in [0.15, 0.2) is 18.2 Å². The molecule has 0 saturated carbocycles. The predicted octanol–water partition coefficient (Wildman–Crippen LogP) is 1.90. The Kier molecular flexibility index (Phi) is 5.64. The summed E-state index contributed by atoms with van der Waals surface area (Å²) in [6.07, 6.45) is 0. The van der Waals surface area contributed by atoms with E-state index >= 15 is 0 Å². The van der Waals surface area contributed by atoms with Gasteiger partial charge in [-0.05, 0) is 25.1 Å². The van der Waals surface area contributed by atoms with Crippen molar-refractivity contribution in [2.24, 2.45) is 0 Å². The van der Waals surface area contributed by atoms with Crippen molar-refractivity contribution in [2.45, 2.75) is 6.92 Å². The number of hydrogen-bond donors (Lipinski definition) is 2. The van der Waals surface area contributed by atoms with Crippen LogP contribution in [-0.2, 0) is 9.53 Å². The molecule has 0 atom stereocenters. The standard InChI is InChI=1S/C12H12ClN3O3/c1-2-19-11(17)7-15-12(18)16-10-4-3-8(6-14)5-9(10)13/h3-5H,2,7H2,1H3,(H2,15,16,18). The number of esters is 1. The quantitative estimate of drug-likeness (QED) is 0.825. The van der Waals surface area contributed by atoms with Gasteiger partial charge < -0.3 is 15.4 Å². The number of urea groups is 1. The van der Waals surface area contributed by atoms with Crippen LogP contribution in [0, 0.1) is 11.3 Å². The van der Waals surface area contributed by atoms with Gasteiger partial charge in [0.2, 0.25) is 0 Å². The van der Waals surface area contributed by atoms with Crippen LogP contribution >= 0.6 is 11.6 Å². The summed E-state index contributed by atoms with van der Waals surface area (Å²) in [4.78, 5) is 22.5. The number of benzene rings is 1. The molecule has 0 bridgehead atoms. The van der Waals surface area contributed by atoms with Gasteiger partial charge in [-0.15, -0.1) is 0 Å². The molecule has 7 heteroatoms. The van der Waals surface area contributed by atoms with Crippen LogP contribution in [0.1, 0.15) is 12.5 Å². The third kappa shape index (κ3) is 4.85. The van der Waals surface area contributed by atoms with E-state index in [0.717, 1.165) is 0 Å². The van der Waals surface area contributed by atoms with Crippen LogP contribution in [0.25, 0.3) is 0 Å². The summed E-state index contributed by atoms with van der Waals surface area (Å²) in [5.41, 5.74) is 0.740. The second kappa shape index (κ2) is 7.24. The third-order valence-electron chi connectivity index (χ3n) is 2.04. The fourth-order valence-corrected chi connectivity index (χ4v) is 1.44. The van der Waals surface area contributed by atoms with Crippen LogP contribution < -0.4 is 10.6 Å². The van der Waals surface area contributed by atoms with Crippen molar-refractivity contribution in [3.63, 3.8) is 0 Å². The monoisotopic (exact) mass is 281 g/mol. The van der Waals surface area contributed by atoms with Gasteiger partial charge in [-0.2, -0.15) is 5.26 Å². The van der Waals surface area contributed by atoms with Crippen molar-refractivity contribution >= 4 is 29.3 Å². The summed E-state index contributed by atoms with van der Waals surface area (Å²) in [5.74, 6) is -0.524. The number of nitrogens with one attached hydrogen (secondary N) is 2. The molecule has 0 aliphatic rings. The van der Waals surface area contributed by atoms with Crippen LogP contribution in [0.3, 0.4) is 0 Å². The van der Waals surface area contributed by atoms with Gasteiger partial charge in [0.05, 0.1) is 28.9 Å². The number of halogens is 1. The molecule has 0 spiro atoms. The molecule has 6 nitrogen and oxygen atoms in total. The van der Waals surface area contributed by atoms with Gasteiger partial charge >= 0.3 is 12.0 Å². The lowest BCUT2D eigenvalue weighted by Gasteiger charge is -2.08. The van der Waals surface area contributed by atoms with Crippen LogP contribution in [0.4, 0.5) is 10.5 Å². The molecular formula is C12H12ClN3O3. The maximum Gasteiger partial charge on any atom is 0.325 e. The van der Waals surface area contributed by atoms with E-state index in [0.29, 0.717) is 11.3 Å². The van der Waals surface area contributed by atoms with Gasteiger partial charge in [-0.25, -0.2) is 4.79 Å². The second-order valence-electron chi connectivity index (χ2n) is 3.42. The van der Waals surface area contributed by atoms with Crippen molar-refractivity contribution in [3.8, 4) is 6.07 Å². The molecule has 0 heterocycles. The summed E-state index contributed by atoms with van der Waals surface area (Å²) < 4.78 is 4.65. The van der Waals surface area contributed by atoms with E-state index in [9.17, 15) is 9.59 Å². The maximum atomic E-state index is 11.5. The van der Waals surface area contributed by atoms with Crippen LogP contribution in [0.5, 0.6) is 0 Å². The highest BCUT2D eigenvalue weighted by molar-refractivity contribution is 6.33. The van der Waals surface area contributed by atoms with Crippen molar-refractivity contribution in [3.05, 3.63) is 28.8 Å². The Morgan fingerprint density at radius 1 is 1.47 bits per heavy atom. The fraction of sp³-hybridized carbons (Fsp3) is 0.250. The average Bonchev–Trinajstić information content (AvgIpc) is 2.39. The Balaban J connectivity index is 2.53. The number of nitrogens with zero attached hydrogens (tertiary/aromatic N) is 1. The number of carbonyl (C=O) groups is 2. The molecule has 0 aliphatic heterocycles. The van der Waals surface area contributed by atoms with Crippen molar-refractivity contribution in [2.75, 3.05) is 18.5 Å². The summed E-state index contributed by atoms with van der Waals surface area (Å²) in [6.45, 7) is 1.70. The summed E-state index contributed by atoms with van der Waals surface area (Å²) in [7, 11) is 0. The molecule has 0 unspecified atom stereocenters. The highest BCUT2D eigenvalue weighted by Gasteiger charge is 2.08. The smallest absolute Gasteiger partial charge is 0.325 e. The highest BCUT2D eigenvalue weighted by atomic mass is 35.5. The fourth-order valence-electron chi connectivity index (χ4n) is 1.22. The molecule has 0 aliphatic carbocycles. The van der Waals surface area contributed by atoms with E-state index in [1.165, 1.54) is 18.2 Å². The molecule has 100 valence electrons. The SMILES string of the molecule is CCOC(=O)CNC(=O)Nc1ccc(C#N)cc1Cl. The number of hydrogen-bond acceptors (Lipinski definition) is 4. The average molecular weight is 282 g/mol. The number of anilines is 1. The molecular weight excluding hydrogens is 270 g/mol. The second-order valence-corrected chi connectivity index (χ2v) is 3.83. The zero-order valence-corrected chi connectivity index (χ0v) is 11.0. The van der Waals surface area contributed by atoms with Gasteiger partial charge in [-0.1, -0.05) is 11.6 Å². The Morgan fingerprint density at radius 2 is 2.21 bits per heavy atom. The van der Waals surface area contributed by atoms with Gasteiger partial charge in [0.15, 0.2) is 0 Å². The maximum absolute atomic E-state index is 11.5. The van der Waals surface area contributed by atoms with Crippen molar-refractivity contribution in [1.29, 1.82) is 5.26 Å². The van der Waals surface area contributed by atoms with Crippen LogP contribution in [0.2, 0.25) is 5.02 Å². The lowest BCUT2D eigenvalue weighted by molar-refractivity contribution is -0.141. The first kappa shape index (κ1) is 14.8. The predicted molar refractivity (Wildman–Crippen MR) is 69.8 cm³/mol. The molecule has 19 heavy (non-hydrogen) atoms. The van der Waals surface area contributed by atoms with Crippen molar-refractivity contribution in [1.82, 2.24) is 5.32 Å². The summed E-state index contributed by atoms with van der Waals surface area (Å²) in [6, 6.07) is 5.80. The molecule has 2 N–H and O–H groups in total. The first-order chi connectivity index (χ1) is 9.06. The van der Waals surface area contributed by atoms with Gasteiger partial charge in [0, 0.05) is 0 Å². The lowest BCUT2D eigenvalue weighted by atomic mass is 10.2. The number of nitriles is 1. The topological polar surface area (TPSA) is 91.2 Å². The van der Waals surface area contributed by atoms with Gasteiger partial charge in [-0.3, -0.25) is 4.79 Å². The normalized spacial score (nSPS) is 9.32. The Labute approximate surface area is 115 Å². The summed E-state index contributed by atoms with van der Waals surface area (Å²) >= 11 is 5.88. The first-order valence-corrected chi connectivity index (χ1v) is 5.84. The Bertz CT molecular complexity index is 525. The molecule has 2 amide bonds. The van der Waals surface area contributed by atoms with E-state index in [1.807, 2.05) is 6.07 Å². The van der Waals surface area contributed by atoms with E-state index in [-0.39, 0.29) is 18.2 Å². The first-order valence-electron chi connectivity index (χ1n) is 5.47. The molecule has 1 aromatic carbocycles. The Morgan fingerprint density at radius 3 is 2.79 bits per heavy atom. The zero-order valence-electron chi connectivity index (χ0n) is 10.2. The number of amides is 2. The largest absolute Gasteiger partial charge is 0.465 e. The highest BCUT2D eigenvalue weighted by Crippen LogP contribution is 2.22. The minimum Gasteiger partial charge on any atom is -0.465 e. The van der Waals surface area contributed by atoms with E-state index in [2.05, 4.69) is 15.4 Å². The van der Waals surface area contributed by atoms with Gasteiger partial charge in [0.1, 0.15) is 6.54 Å². The summed E-state index contributed by atoms with van der Waals surface area (Å²) in [5, 5.41) is 13.7. The molecule has 0 fully saturated rings. The number of rotatable bonds is 4. The molecule has 0 saturated heterocycles. The minimum atomic E-state index is -0.584. The third-order valence-corrected chi connectivity index (χ3v) is 2.36. The number of carbonyl (C=O) groups excluding carboxylic acids is 2. The molecule has 0 aromatic heterocycles. The molecule has 1 aromatic rings. The molecule has 0 radical (unpaired) electrons. The lowest BCUT2D eigenvalue weighted by Crippen LogP contribution is -2.34. The van der Waals surface area contributed by atoms with E-state index in [1.54, 1.807) is 6.92 Å². The molecule has 1 rings (SSSR count). The minimum absolute atomic E-state index is 0.229. The van der Waals surface area contributed by atoms with Crippen LogP contribution in [-0.4, -0.2) is 25.2 Å². The van der Waals surface area contributed by atoms with E-state index in [4.69, 9.17) is 16.9 Å².